The van der Waals surface area contributed by atoms with Gasteiger partial charge in [0.05, 0.1) is 12.2 Å². The van der Waals surface area contributed by atoms with Crippen LogP contribution in [0.4, 0.5) is 0 Å². The Balaban J connectivity index is 1.49. The van der Waals surface area contributed by atoms with Crippen LogP contribution in [0.15, 0.2) is 53.1 Å². The fraction of sp³-hybridized carbons (Fsp3) is 0.348. The van der Waals surface area contributed by atoms with Crippen LogP contribution >= 0.6 is 0 Å². The van der Waals surface area contributed by atoms with Crippen LogP contribution in [-0.4, -0.2) is 41.5 Å². The summed E-state index contributed by atoms with van der Waals surface area (Å²) >= 11 is 0. The van der Waals surface area contributed by atoms with Gasteiger partial charge >= 0.3 is 5.97 Å². The molecule has 3 rings (SSSR count). The molecule has 0 atom stereocenters. The first-order valence-corrected chi connectivity index (χ1v) is 10.1. The summed E-state index contributed by atoms with van der Waals surface area (Å²) in [6.45, 7) is 1.53. The number of aromatic carboxylic acids is 1. The summed E-state index contributed by atoms with van der Waals surface area (Å²) in [6, 6.07) is 13.9. The number of rotatable bonds is 12. The van der Waals surface area contributed by atoms with Gasteiger partial charge in [-0.1, -0.05) is 36.6 Å². The van der Waals surface area contributed by atoms with E-state index in [1.165, 1.54) is 25.0 Å². The fourth-order valence-electron chi connectivity index (χ4n) is 2.98. The number of benzene rings is 2. The van der Waals surface area contributed by atoms with Gasteiger partial charge in [-0.25, -0.2) is 4.79 Å². The number of carbonyl (C=O) groups is 1. The van der Waals surface area contributed by atoms with E-state index in [1.807, 2.05) is 24.3 Å². The van der Waals surface area contributed by atoms with Crippen LogP contribution in [-0.2, 0) is 4.74 Å². The predicted molar refractivity (Wildman–Crippen MR) is 113 cm³/mol. The number of ether oxygens (including phenoxy) is 2. The molecule has 2 aromatic carbocycles. The van der Waals surface area contributed by atoms with E-state index in [1.54, 1.807) is 19.2 Å². The maximum Gasteiger partial charge on any atom is 0.335 e. The van der Waals surface area contributed by atoms with Gasteiger partial charge in [0.15, 0.2) is 0 Å². The molecule has 0 saturated heterocycles. The van der Waals surface area contributed by atoms with Gasteiger partial charge in [-0.3, -0.25) is 0 Å². The van der Waals surface area contributed by atoms with Crippen molar-refractivity contribution in [1.82, 2.24) is 10.1 Å². The van der Waals surface area contributed by atoms with Gasteiger partial charge in [0.2, 0.25) is 5.82 Å². The highest BCUT2D eigenvalue weighted by Crippen LogP contribution is 2.24. The normalized spacial score (nSPS) is 10.8. The summed E-state index contributed by atoms with van der Waals surface area (Å²) in [6.07, 6.45) is 5.69. The number of hydrogen-bond donors (Lipinski definition) is 1. The first kappa shape index (κ1) is 21.5. The lowest BCUT2D eigenvalue weighted by atomic mass is 10.1. The van der Waals surface area contributed by atoms with E-state index in [4.69, 9.17) is 19.1 Å². The lowest BCUT2D eigenvalue weighted by Gasteiger charge is -2.06. The van der Waals surface area contributed by atoms with E-state index < -0.39 is 5.97 Å². The third kappa shape index (κ3) is 6.15. The van der Waals surface area contributed by atoms with E-state index >= 15 is 0 Å². The molecule has 1 N–H and O–H groups in total. The third-order valence-corrected chi connectivity index (χ3v) is 4.68. The second-order valence-electron chi connectivity index (χ2n) is 6.94. The molecule has 0 aliphatic rings. The second kappa shape index (κ2) is 11.1. The number of hydrogen-bond acceptors (Lipinski definition) is 6. The Morgan fingerprint density at radius 2 is 1.53 bits per heavy atom. The molecule has 0 saturated carbocycles. The Hall–Kier alpha value is -3.19. The van der Waals surface area contributed by atoms with E-state index in [0.717, 1.165) is 37.2 Å². The first-order chi connectivity index (χ1) is 14.7. The van der Waals surface area contributed by atoms with Gasteiger partial charge in [0, 0.05) is 24.8 Å². The van der Waals surface area contributed by atoms with Gasteiger partial charge in [0.25, 0.3) is 5.89 Å². The lowest BCUT2D eigenvalue weighted by Crippen LogP contribution is -1.97. The summed E-state index contributed by atoms with van der Waals surface area (Å²) < 4.78 is 16.2. The van der Waals surface area contributed by atoms with Crippen molar-refractivity contribution in [2.24, 2.45) is 0 Å². The number of aromatic nitrogens is 2. The van der Waals surface area contributed by atoms with Crippen LogP contribution in [0.3, 0.4) is 0 Å². The molecule has 0 bridgehead atoms. The van der Waals surface area contributed by atoms with Gasteiger partial charge in [-0.05, 0) is 49.2 Å². The Labute approximate surface area is 175 Å². The zero-order chi connectivity index (χ0) is 21.2. The number of carboxylic acid groups (broad SMARTS) is 1. The minimum Gasteiger partial charge on any atom is -0.494 e. The van der Waals surface area contributed by atoms with Crippen molar-refractivity contribution in [1.29, 1.82) is 0 Å². The molecule has 0 radical (unpaired) electrons. The Kier molecular flexibility index (Phi) is 7.97. The van der Waals surface area contributed by atoms with E-state index in [2.05, 4.69) is 10.1 Å². The molecular formula is C23H26N2O5. The Morgan fingerprint density at radius 3 is 2.20 bits per heavy atom. The molecule has 0 fully saturated rings. The second-order valence-corrected chi connectivity index (χ2v) is 6.94. The fourth-order valence-corrected chi connectivity index (χ4v) is 2.98. The molecular weight excluding hydrogens is 384 g/mol. The number of methoxy groups -OCH3 is 1. The van der Waals surface area contributed by atoms with Crippen molar-refractivity contribution in [3.63, 3.8) is 0 Å². The lowest BCUT2D eigenvalue weighted by molar-refractivity contribution is 0.0697. The standard InChI is InChI=1S/C23H26N2O5/c1-28-15-5-3-2-4-6-16-29-20-13-11-18(12-14-20)22-24-21(25-30-22)17-7-9-19(10-8-17)23(26)27/h7-14H,2-6,15-16H2,1H3,(H,26,27). The molecule has 0 aliphatic carbocycles. The Morgan fingerprint density at radius 1 is 0.900 bits per heavy atom. The van der Waals surface area contributed by atoms with Gasteiger partial charge in [-0.15, -0.1) is 0 Å². The number of carboxylic acids is 1. The zero-order valence-electron chi connectivity index (χ0n) is 17.0. The van der Waals surface area contributed by atoms with Crippen molar-refractivity contribution < 1.29 is 23.9 Å². The number of nitrogens with zero attached hydrogens (tertiary/aromatic N) is 2. The Bertz CT molecular complexity index is 920. The van der Waals surface area contributed by atoms with E-state index in [9.17, 15) is 4.79 Å². The van der Waals surface area contributed by atoms with Gasteiger partial charge < -0.3 is 19.1 Å². The average Bonchev–Trinajstić information content (AvgIpc) is 3.26. The molecule has 158 valence electrons. The van der Waals surface area contributed by atoms with Crippen molar-refractivity contribution in [3.8, 4) is 28.6 Å². The van der Waals surface area contributed by atoms with E-state index in [0.29, 0.717) is 23.9 Å². The maximum absolute atomic E-state index is 10.9. The predicted octanol–water partition coefficient (Wildman–Crippen LogP) is 5.08. The quantitative estimate of drug-likeness (QED) is 0.416. The minimum atomic E-state index is -0.972. The molecule has 30 heavy (non-hydrogen) atoms. The van der Waals surface area contributed by atoms with Crippen LogP contribution < -0.4 is 4.74 Å². The molecule has 3 aromatic rings. The van der Waals surface area contributed by atoms with Crippen molar-refractivity contribution in [3.05, 3.63) is 54.1 Å². The van der Waals surface area contributed by atoms with Crippen molar-refractivity contribution in [2.45, 2.75) is 32.1 Å². The molecule has 7 nitrogen and oxygen atoms in total. The van der Waals surface area contributed by atoms with Crippen LogP contribution in [0.25, 0.3) is 22.8 Å². The molecule has 0 spiro atoms. The van der Waals surface area contributed by atoms with E-state index in [-0.39, 0.29) is 5.56 Å². The molecule has 0 amide bonds. The summed E-state index contributed by atoms with van der Waals surface area (Å²) in [5.41, 5.74) is 1.70. The van der Waals surface area contributed by atoms with Gasteiger partial charge in [0.1, 0.15) is 5.75 Å². The smallest absolute Gasteiger partial charge is 0.335 e. The molecule has 1 heterocycles. The van der Waals surface area contributed by atoms with Crippen LogP contribution in [0.2, 0.25) is 0 Å². The van der Waals surface area contributed by atoms with Crippen LogP contribution in [0.5, 0.6) is 5.75 Å². The van der Waals surface area contributed by atoms with Crippen molar-refractivity contribution >= 4 is 5.97 Å². The largest absolute Gasteiger partial charge is 0.494 e. The van der Waals surface area contributed by atoms with Crippen molar-refractivity contribution in [2.75, 3.05) is 20.3 Å². The summed E-state index contributed by atoms with van der Waals surface area (Å²) in [5, 5.41) is 13.0. The summed E-state index contributed by atoms with van der Waals surface area (Å²) in [7, 11) is 1.73. The maximum atomic E-state index is 10.9. The molecule has 0 aliphatic heterocycles. The molecule has 1 aromatic heterocycles. The highest BCUT2D eigenvalue weighted by atomic mass is 16.5. The molecule has 7 heteroatoms. The SMILES string of the molecule is COCCCCCCCOc1ccc(-c2nc(-c3ccc(C(=O)O)cc3)no2)cc1. The monoisotopic (exact) mass is 410 g/mol. The number of unbranched alkanes of at least 4 members (excludes halogenated alkanes) is 4. The third-order valence-electron chi connectivity index (χ3n) is 4.68. The van der Waals surface area contributed by atoms with Crippen LogP contribution in [0.1, 0.15) is 42.5 Å². The summed E-state index contributed by atoms with van der Waals surface area (Å²) in [5.74, 6) is 0.643. The molecule has 0 unspecified atom stereocenters. The first-order valence-electron chi connectivity index (χ1n) is 10.1. The van der Waals surface area contributed by atoms with Gasteiger partial charge in [-0.2, -0.15) is 4.98 Å². The van der Waals surface area contributed by atoms with Crippen LogP contribution in [0, 0.1) is 0 Å². The average molecular weight is 410 g/mol. The highest BCUT2D eigenvalue weighted by molar-refractivity contribution is 5.88. The zero-order valence-corrected chi connectivity index (χ0v) is 17.0. The summed E-state index contributed by atoms with van der Waals surface area (Å²) in [4.78, 5) is 15.3. The highest BCUT2D eigenvalue weighted by Gasteiger charge is 2.11. The minimum absolute atomic E-state index is 0.212. The topological polar surface area (TPSA) is 94.7 Å².